The van der Waals surface area contributed by atoms with Gasteiger partial charge in [0, 0.05) is 17.5 Å². The van der Waals surface area contributed by atoms with Crippen LogP contribution in [0.15, 0.2) is 24.3 Å². The zero-order valence-corrected chi connectivity index (χ0v) is 13.0. The van der Waals surface area contributed by atoms with Crippen LogP contribution in [-0.2, 0) is 20.7 Å². The predicted molar refractivity (Wildman–Crippen MR) is 83.8 cm³/mol. The maximum atomic E-state index is 11.3. The lowest BCUT2D eigenvalue weighted by atomic mass is 9.99. The molecule has 0 unspecified atom stereocenters. The minimum absolute atomic E-state index is 0.117. The van der Waals surface area contributed by atoms with E-state index in [1.165, 1.54) is 12.1 Å². The van der Waals surface area contributed by atoms with E-state index >= 15 is 0 Å². The fraction of sp³-hybridized carbons (Fsp3) is 0.500. The molecule has 1 fully saturated rings. The van der Waals surface area contributed by atoms with Gasteiger partial charge in [0.2, 0.25) is 12.2 Å². The molecule has 1 aromatic rings. The summed E-state index contributed by atoms with van der Waals surface area (Å²) in [5.74, 6) is -2.35. The van der Waals surface area contributed by atoms with Crippen molar-refractivity contribution in [3.63, 3.8) is 0 Å². The van der Waals surface area contributed by atoms with E-state index in [1.807, 2.05) is 0 Å². The number of aliphatic hydroxyl groups excluding tert-OH is 3. The fourth-order valence-corrected chi connectivity index (χ4v) is 2.34. The van der Waals surface area contributed by atoms with Gasteiger partial charge in [0.15, 0.2) is 6.10 Å². The van der Waals surface area contributed by atoms with E-state index in [1.54, 1.807) is 12.1 Å². The molecule has 25 heavy (non-hydrogen) atoms. The van der Waals surface area contributed by atoms with Crippen LogP contribution in [0.25, 0.3) is 0 Å². The number of hydrogen-bond acceptors (Lipinski definition) is 7. The summed E-state index contributed by atoms with van der Waals surface area (Å²) in [6.45, 7) is -2.59. The first-order valence-electron chi connectivity index (χ1n) is 8.97. The summed E-state index contributed by atoms with van der Waals surface area (Å²) in [5, 5.41) is 40.6. The molecule has 0 saturated carbocycles. The van der Waals surface area contributed by atoms with E-state index in [9.17, 15) is 24.9 Å². The summed E-state index contributed by atoms with van der Waals surface area (Å²) >= 11 is 0. The van der Waals surface area contributed by atoms with Crippen LogP contribution in [0.1, 0.15) is 16.5 Å². The number of rotatable bonds is 6. The number of aliphatic carboxylic acids is 1. The molecule has 0 aliphatic carbocycles. The van der Waals surface area contributed by atoms with Gasteiger partial charge in [0.1, 0.15) is 24.1 Å². The van der Waals surface area contributed by atoms with Gasteiger partial charge < -0.3 is 35.2 Å². The second-order valence-electron chi connectivity index (χ2n) is 5.50. The van der Waals surface area contributed by atoms with Gasteiger partial charge in [-0.3, -0.25) is 4.79 Å². The highest BCUT2D eigenvalue weighted by Gasteiger charge is 2.48. The molecule has 0 aromatic heterocycles. The summed E-state index contributed by atoms with van der Waals surface area (Å²) in [6.07, 6.45) is -8.15. The van der Waals surface area contributed by atoms with Crippen molar-refractivity contribution in [2.45, 2.75) is 44.0 Å². The first-order valence-corrected chi connectivity index (χ1v) is 7.47. The lowest BCUT2D eigenvalue weighted by Gasteiger charge is -2.38. The second-order valence-corrected chi connectivity index (χ2v) is 5.50. The third kappa shape index (κ3) is 4.89. The molecule has 0 radical (unpaired) electrons. The highest BCUT2D eigenvalue weighted by molar-refractivity contribution is 5.73. The Morgan fingerprint density at radius 3 is 2.48 bits per heavy atom. The van der Waals surface area contributed by atoms with Gasteiger partial charge in [-0.15, -0.1) is 0 Å². The zero-order valence-electron chi connectivity index (χ0n) is 16.0. The van der Waals surface area contributed by atoms with Crippen molar-refractivity contribution >= 4 is 11.9 Å². The monoisotopic (exact) mass is 358 g/mol. The number of carboxylic acids is 1. The van der Waals surface area contributed by atoms with Gasteiger partial charge in [-0.05, 0) is 24.1 Å². The third-order valence-corrected chi connectivity index (χ3v) is 3.69. The number of hydrogen-bond donors (Lipinski definition) is 5. The van der Waals surface area contributed by atoms with E-state index < -0.39 is 49.4 Å². The molecule has 2 rings (SSSR count). The topological polar surface area (TPSA) is 146 Å². The lowest BCUT2D eigenvalue weighted by Crippen LogP contribution is -2.61. The molecule has 1 aliphatic heterocycles. The van der Waals surface area contributed by atoms with Crippen molar-refractivity contribution in [1.82, 2.24) is 5.32 Å². The van der Waals surface area contributed by atoms with Crippen LogP contribution in [0.3, 0.4) is 0 Å². The quantitative estimate of drug-likeness (QED) is 0.419. The van der Waals surface area contributed by atoms with E-state index in [-0.39, 0.29) is 12.3 Å². The number of carbonyl (C=O) groups is 2. The van der Waals surface area contributed by atoms with Crippen LogP contribution in [0.2, 0.25) is 0 Å². The van der Waals surface area contributed by atoms with Crippen LogP contribution >= 0.6 is 0 Å². The minimum atomic E-state index is -2.70. The first-order chi connectivity index (χ1) is 13.0. The standard InChI is InChI=1S/C16H21NO8/c1-8(18)17-7-6-9-2-4-10(5-3-9)24-16-13(21)11(19)12(20)14(25-16)15(22)23/h2-5,11-14,16,19-21H,6-7H2,1H3,(H,17,18)(H,22,23)/t11-,12-,13+,14-,16+/m0/s1/i1D3. The molecule has 1 saturated heterocycles. The van der Waals surface area contributed by atoms with Crippen molar-refractivity contribution in [3.05, 3.63) is 29.8 Å². The Bertz CT molecular complexity index is 696. The Labute approximate surface area is 148 Å². The SMILES string of the molecule is [2H]C([2H])([2H])C(=O)NCCc1ccc(O[C@@H]2O[C@H](C(=O)O)[C@@H](O)[C@H](O)[C@H]2O)cc1. The molecule has 9 nitrogen and oxygen atoms in total. The second kappa shape index (κ2) is 8.26. The van der Waals surface area contributed by atoms with Gasteiger partial charge in [0.05, 0.1) is 0 Å². The normalized spacial score (nSPS) is 31.3. The maximum Gasteiger partial charge on any atom is 0.335 e. The molecule has 0 spiro atoms. The number of carbonyl (C=O) groups excluding carboxylic acids is 1. The van der Waals surface area contributed by atoms with E-state index in [0.717, 1.165) is 5.56 Å². The molecular formula is C16H21NO8. The summed E-state index contributed by atoms with van der Waals surface area (Å²) in [4.78, 5) is 22.3. The number of nitrogens with one attached hydrogen (secondary N) is 1. The number of amides is 1. The Morgan fingerprint density at radius 1 is 1.20 bits per heavy atom. The minimum Gasteiger partial charge on any atom is -0.479 e. The fourth-order valence-electron chi connectivity index (χ4n) is 2.34. The predicted octanol–water partition coefficient (Wildman–Crippen LogP) is -1.36. The molecule has 1 amide bonds. The van der Waals surface area contributed by atoms with Gasteiger partial charge in [-0.2, -0.15) is 0 Å². The van der Waals surface area contributed by atoms with Crippen molar-refractivity contribution in [2.24, 2.45) is 0 Å². The lowest BCUT2D eigenvalue weighted by molar-refractivity contribution is -0.271. The molecule has 138 valence electrons. The highest BCUT2D eigenvalue weighted by Crippen LogP contribution is 2.24. The Balaban J connectivity index is 1.93. The number of benzene rings is 1. The molecule has 1 aromatic carbocycles. The summed E-state index contributed by atoms with van der Waals surface area (Å²) in [7, 11) is 0. The van der Waals surface area contributed by atoms with Crippen LogP contribution in [0.5, 0.6) is 5.75 Å². The average Bonchev–Trinajstić information content (AvgIpc) is 2.62. The van der Waals surface area contributed by atoms with Gasteiger partial charge >= 0.3 is 5.97 Å². The number of carboxylic acid groups (broad SMARTS) is 1. The Morgan fingerprint density at radius 2 is 1.88 bits per heavy atom. The Hall–Kier alpha value is -2.20. The van der Waals surface area contributed by atoms with Crippen LogP contribution in [0, 0.1) is 0 Å². The van der Waals surface area contributed by atoms with Crippen LogP contribution in [-0.4, -0.2) is 69.6 Å². The average molecular weight is 358 g/mol. The molecule has 9 heteroatoms. The molecule has 1 aliphatic rings. The van der Waals surface area contributed by atoms with Crippen LogP contribution < -0.4 is 10.1 Å². The smallest absolute Gasteiger partial charge is 0.335 e. The molecule has 0 bridgehead atoms. The molecule has 1 heterocycles. The summed E-state index contributed by atoms with van der Waals surface area (Å²) < 4.78 is 31.2. The number of aliphatic hydroxyl groups is 3. The molecule has 5 atom stereocenters. The maximum absolute atomic E-state index is 11.3. The molecule has 5 N–H and O–H groups in total. The van der Waals surface area contributed by atoms with Gasteiger partial charge in [-0.1, -0.05) is 12.1 Å². The van der Waals surface area contributed by atoms with Crippen molar-refractivity contribution in [2.75, 3.05) is 6.54 Å². The van der Waals surface area contributed by atoms with Gasteiger partial charge in [0.25, 0.3) is 0 Å². The van der Waals surface area contributed by atoms with Crippen molar-refractivity contribution in [1.29, 1.82) is 0 Å². The van der Waals surface area contributed by atoms with E-state index in [0.29, 0.717) is 6.42 Å². The molecular weight excluding hydrogens is 334 g/mol. The van der Waals surface area contributed by atoms with Crippen molar-refractivity contribution < 1.29 is 43.6 Å². The van der Waals surface area contributed by atoms with E-state index in [2.05, 4.69) is 5.32 Å². The third-order valence-electron chi connectivity index (χ3n) is 3.69. The first kappa shape index (κ1) is 15.1. The van der Waals surface area contributed by atoms with Gasteiger partial charge in [-0.25, -0.2) is 4.79 Å². The largest absolute Gasteiger partial charge is 0.479 e. The summed E-state index contributed by atoms with van der Waals surface area (Å²) in [5.41, 5.74) is 0.752. The highest BCUT2D eigenvalue weighted by atomic mass is 16.7. The van der Waals surface area contributed by atoms with E-state index in [4.69, 9.17) is 18.7 Å². The van der Waals surface area contributed by atoms with Crippen LogP contribution in [0.4, 0.5) is 0 Å². The number of ether oxygens (including phenoxy) is 2. The summed E-state index contributed by atoms with van der Waals surface area (Å²) in [6, 6.07) is 6.21. The van der Waals surface area contributed by atoms with Crippen molar-refractivity contribution in [3.8, 4) is 5.75 Å². The Kier molecular flexibility index (Phi) is 4.98. The zero-order chi connectivity index (χ0) is 21.1.